The molecule has 0 saturated carbocycles. The lowest BCUT2D eigenvalue weighted by atomic mass is 10.1. The van der Waals surface area contributed by atoms with Gasteiger partial charge in [0.2, 0.25) is 5.91 Å². The van der Waals surface area contributed by atoms with Crippen molar-refractivity contribution in [2.24, 2.45) is 7.05 Å². The van der Waals surface area contributed by atoms with Crippen LogP contribution in [-0.2, 0) is 24.8 Å². The van der Waals surface area contributed by atoms with Crippen LogP contribution in [0.15, 0.2) is 36.5 Å². The molecule has 0 spiro atoms. The Kier molecular flexibility index (Phi) is 5.32. The summed E-state index contributed by atoms with van der Waals surface area (Å²) in [5.41, 5.74) is 3.08. The lowest BCUT2D eigenvalue weighted by Crippen LogP contribution is -2.33. The zero-order chi connectivity index (χ0) is 23.1. The van der Waals surface area contributed by atoms with Gasteiger partial charge in [-0.05, 0) is 31.9 Å². The van der Waals surface area contributed by atoms with Gasteiger partial charge < -0.3 is 9.64 Å². The third kappa shape index (κ3) is 3.63. The van der Waals surface area contributed by atoms with Gasteiger partial charge in [-0.1, -0.05) is 18.2 Å². The van der Waals surface area contributed by atoms with E-state index in [1.165, 1.54) is 0 Å². The predicted molar refractivity (Wildman–Crippen MR) is 121 cm³/mol. The van der Waals surface area contributed by atoms with Crippen molar-refractivity contribution in [3.05, 3.63) is 64.9 Å². The van der Waals surface area contributed by atoms with Crippen molar-refractivity contribution in [3.63, 3.8) is 0 Å². The van der Waals surface area contributed by atoms with Crippen molar-refractivity contribution >= 4 is 17.6 Å². The van der Waals surface area contributed by atoms with Crippen LogP contribution in [-0.4, -0.2) is 50.1 Å². The molecule has 1 atom stereocenters. The van der Waals surface area contributed by atoms with Gasteiger partial charge in [0.25, 0.3) is 5.91 Å². The first-order chi connectivity index (χ1) is 16.0. The van der Waals surface area contributed by atoms with E-state index in [0.29, 0.717) is 30.4 Å². The largest absolute Gasteiger partial charge is 0.496 e. The van der Waals surface area contributed by atoms with Crippen molar-refractivity contribution < 1.29 is 14.3 Å². The highest BCUT2D eigenvalue weighted by atomic mass is 16.5. The summed E-state index contributed by atoms with van der Waals surface area (Å²) in [6, 6.07) is 9.15. The number of likely N-dealkylation sites (tertiary alicyclic amines) is 1. The highest BCUT2D eigenvalue weighted by Gasteiger charge is 2.37. The number of carbonyl (C=O) groups is 2. The molecule has 170 valence electrons. The summed E-state index contributed by atoms with van der Waals surface area (Å²) in [4.78, 5) is 39.2. The van der Waals surface area contributed by atoms with Gasteiger partial charge in [0.1, 0.15) is 17.3 Å². The van der Waals surface area contributed by atoms with Crippen molar-refractivity contribution in [2.45, 2.75) is 38.8 Å². The monoisotopic (exact) mass is 446 g/mol. The van der Waals surface area contributed by atoms with E-state index in [9.17, 15) is 9.59 Å². The molecule has 0 N–H and O–H groups in total. The number of amides is 2. The molecule has 2 aromatic heterocycles. The zero-order valence-electron chi connectivity index (χ0n) is 19.0. The number of hydrogen-bond donors (Lipinski definition) is 0. The molecule has 1 fully saturated rings. The van der Waals surface area contributed by atoms with Crippen molar-refractivity contribution in [2.75, 3.05) is 18.6 Å². The third-order valence-corrected chi connectivity index (χ3v) is 6.47. The lowest BCUT2D eigenvalue weighted by Gasteiger charge is -2.25. The fraction of sp³-hybridized carbons (Fsp3) is 0.375. The fourth-order valence-electron chi connectivity index (χ4n) is 4.72. The second-order valence-electron chi connectivity index (χ2n) is 8.43. The van der Waals surface area contributed by atoms with E-state index in [2.05, 4.69) is 5.10 Å². The van der Waals surface area contributed by atoms with Gasteiger partial charge in [-0.2, -0.15) is 5.10 Å². The minimum absolute atomic E-state index is 0.0142. The highest BCUT2D eigenvalue weighted by molar-refractivity contribution is 6.00. The average molecular weight is 447 g/mol. The van der Waals surface area contributed by atoms with Crippen molar-refractivity contribution in [1.29, 1.82) is 0 Å². The summed E-state index contributed by atoms with van der Waals surface area (Å²) in [6.07, 6.45) is 3.55. The first-order valence-electron chi connectivity index (χ1n) is 11.1. The molecule has 0 aliphatic carbocycles. The molecule has 1 unspecified atom stereocenters. The summed E-state index contributed by atoms with van der Waals surface area (Å²) in [6.45, 7) is 2.91. The summed E-state index contributed by atoms with van der Waals surface area (Å²) in [7, 11) is 3.38. The molecule has 33 heavy (non-hydrogen) atoms. The van der Waals surface area contributed by atoms with E-state index in [-0.39, 0.29) is 24.3 Å². The molecule has 2 aliphatic rings. The minimum atomic E-state index is -0.236. The molecule has 1 aromatic carbocycles. The molecule has 0 radical (unpaired) electrons. The molecule has 9 nitrogen and oxygen atoms in total. The maximum atomic E-state index is 13.2. The number of carbonyl (C=O) groups excluding carboxylic acids is 2. The maximum absolute atomic E-state index is 13.2. The number of aryl methyl sites for hydroxylation is 2. The van der Waals surface area contributed by atoms with E-state index in [1.807, 2.05) is 36.1 Å². The van der Waals surface area contributed by atoms with E-state index >= 15 is 0 Å². The Labute approximate surface area is 192 Å². The Bertz CT molecular complexity index is 1240. The number of rotatable bonds is 5. The van der Waals surface area contributed by atoms with Gasteiger partial charge >= 0.3 is 0 Å². The van der Waals surface area contributed by atoms with Gasteiger partial charge in [-0.25, -0.2) is 9.97 Å². The lowest BCUT2D eigenvalue weighted by molar-refractivity contribution is -0.117. The molecule has 9 heteroatoms. The van der Waals surface area contributed by atoms with Crippen LogP contribution in [0.3, 0.4) is 0 Å². The van der Waals surface area contributed by atoms with Crippen LogP contribution in [0.2, 0.25) is 0 Å². The Morgan fingerprint density at radius 1 is 1.21 bits per heavy atom. The quantitative estimate of drug-likeness (QED) is 0.598. The molecular weight excluding hydrogens is 420 g/mol. The van der Waals surface area contributed by atoms with E-state index in [4.69, 9.17) is 14.7 Å². The molecule has 4 heterocycles. The molecule has 2 amide bonds. The molecular formula is C24H26N6O3. The fourth-order valence-corrected chi connectivity index (χ4v) is 4.72. The Hall–Kier alpha value is -3.75. The van der Waals surface area contributed by atoms with Crippen LogP contribution >= 0.6 is 0 Å². The Morgan fingerprint density at radius 2 is 2.03 bits per heavy atom. The van der Waals surface area contributed by atoms with Crippen molar-refractivity contribution in [3.8, 4) is 5.75 Å². The van der Waals surface area contributed by atoms with Gasteiger partial charge in [0.05, 0.1) is 26.1 Å². The SMILES string of the molecule is COc1ccccc1CN1C(=O)Cc2c(C)nc(C3CCCN3C(=O)c3ccnn3C)nc21. The summed E-state index contributed by atoms with van der Waals surface area (Å²) in [5, 5.41) is 4.12. The Morgan fingerprint density at radius 3 is 2.79 bits per heavy atom. The van der Waals surface area contributed by atoms with Crippen LogP contribution in [0.1, 0.15) is 52.0 Å². The first-order valence-corrected chi connectivity index (χ1v) is 11.1. The topological polar surface area (TPSA) is 93.5 Å². The van der Waals surface area contributed by atoms with Crippen LogP contribution in [0, 0.1) is 6.92 Å². The van der Waals surface area contributed by atoms with Gasteiger partial charge in [0, 0.05) is 36.6 Å². The normalized spacial score (nSPS) is 17.5. The summed E-state index contributed by atoms with van der Waals surface area (Å²) >= 11 is 0. The van der Waals surface area contributed by atoms with Gasteiger partial charge in [0.15, 0.2) is 5.82 Å². The summed E-state index contributed by atoms with van der Waals surface area (Å²) in [5.74, 6) is 1.85. The number of fused-ring (bicyclic) bond motifs is 1. The maximum Gasteiger partial charge on any atom is 0.272 e. The van der Waals surface area contributed by atoms with E-state index in [0.717, 1.165) is 35.4 Å². The predicted octanol–water partition coefficient (Wildman–Crippen LogP) is 2.59. The number of anilines is 1. The highest BCUT2D eigenvalue weighted by Crippen LogP contribution is 2.36. The number of hydrogen-bond acceptors (Lipinski definition) is 6. The minimum Gasteiger partial charge on any atom is -0.496 e. The van der Waals surface area contributed by atoms with Gasteiger partial charge in [-0.15, -0.1) is 0 Å². The Balaban J connectivity index is 1.49. The van der Waals surface area contributed by atoms with Crippen LogP contribution in [0.4, 0.5) is 5.82 Å². The number of benzene rings is 1. The molecule has 0 bridgehead atoms. The number of para-hydroxylation sites is 1. The second kappa shape index (κ2) is 8.31. The average Bonchev–Trinajstić information content (AvgIpc) is 3.54. The van der Waals surface area contributed by atoms with E-state index < -0.39 is 0 Å². The first kappa shape index (κ1) is 21.1. The number of ether oxygens (including phenoxy) is 1. The number of methoxy groups -OCH3 is 1. The van der Waals surface area contributed by atoms with Crippen LogP contribution in [0.25, 0.3) is 0 Å². The zero-order valence-corrected chi connectivity index (χ0v) is 19.0. The van der Waals surface area contributed by atoms with Crippen molar-refractivity contribution in [1.82, 2.24) is 24.6 Å². The van der Waals surface area contributed by atoms with E-state index in [1.54, 1.807) is 36.0 Å². The third-order valence-electron chi connectivity index (χ3n) is 6.47. The van der Waals surface area contributed by atoms with Crippen LogP contribution < -0.4 is 9.64 Å². The van der Waals surface area contributed by atoms with Crippen LogP contribution in [0.5, 0.6) is 5.75 Å². The molecule has 3 aromatic rings. The molecule has 2 aliphatic heterocycles. The molecule has 5 rings (SSSR count). The smallest absolute Gasteiger partial charge is 0.272 e. The number of nitrogens with zero attached hydrogens (tertiary/aromatic N) is 6. The number of aromatic nitrogens is 4. The summed E-state index contributed by atoms with van der Waals surface area (Å²) < 4.78 is 7.05. The standard InChI is InChI=1S/C24H26N6O3/c1-15-17-13-21(31)30(14-16-7-4-5-9-20(16)33-3)23(17)27-22(26-15)18-8-6-12-29(18)24(32)19-10-11-25-28(19)2/h4-5,7,9-11,18H,6,8,12-14H2,1-3H3. The molecule has 1 saturated heterocycles. The second-order valence-corrected chi connectivity index (χ2v) is 8.43. The van der Waals surface area contributed by atoms with Gasteiger partial charge in [-0.3, -0.25) is 19.2 Å².